The predicted molar refractivity (Wildman–Crippen MR) is 60.4 cm³/mol. The molecule has 0 bridgehead atoms. The Morgan fingerprint density at radius 3 is 2.40 bits per heavy atom. The van der Waals surface area contributed by atoms with E-state index in [1.807, 2.05) is 13.8 Å². The molecule has 0 aliphatic carbocycles. The van der Waals surface area contributed by atoms with E-state index in [-0.39, 0.29) is 12.0 Å². The minimum absolute atomic E-state index is 0.229. The van der Waals surface area contributed by atoms with Gasteiger partial charge in [0.25, 0.3) is 0 Å². The minimum atomic E-state index is 0.229. The van der Waals surface area contributed by atoms with E-state index in [4.69, 9.17) is 11.0 Å². The highest BCUT2D eigenvalue weighted by Gasteiger charge is 2.19. The second-order valence-corrected chi connectivity index (χ2v) is 4.11. The molecule has 1 heterocycles. The summed E-state index contributed by atoms with van der Waals surface area (Å²) in [6.07, 6.45) is 0.953. The van der Waals surface area contributed by atoms with Crippen LogP contribution in [0.4, 0.5) is 5.82 Å². The molecular weight excluding hydrogens is 188 g/mol. The van der Waals surface area contributed by atoms with Crippen molar-refractivity contribution in [1.82, 2.24) is 9.78 Å². The van der Waals surface area contributed by atoms with Gasteiger partial charge in [-0.3, -0.25) is 0 Å². The van der Waals surface area contributed by atoms with Gasteiger partial charge in [-0.15, -0.1) is 0 Å². The zero-order chi connectivity index (χ0) is 11.6. The molecule has 0 radical (unpaired) electrons. The fraction of sp³-hybridized carbons (Fsp3) is 0.636. The number of nitrogens with zero attached hydrogens (tertiary/aromatic N) is 3. The van der Waals surface area contributed by atoms with Crippen molar-refractivity contribution >= 4 is 5.82 Å². The van der Waals surface area contributed by atoms with Gasteiger partial charge in [0.2, 0.25) is 0 Å². The van der Waals surface area contributed by atoms with Crippen molar-refractivity contribution < 1.29 is 0 Å². The number of nitriles is 1. The Morgan fingerprint density at radius 2 is 2.07 bits per heavy atom. The van der Waals surface area contributed by atoms with Crippen molar-refractivity contribution in [3.8, 4) is 6.07 Å². The summed E-state index contributed by atoms with van der Waals surface area (Å²) in [6.45, 7) is 8.16. The maximum absolute atomic E-state index is 9.03. The highest BCUT2D eigenvalue weighted by molar-refractivity contribution is 5.53. The molecule has 0 amide bonds. The summed E-state index contributed by atoms with van der Waals surface area (Å²) in [6, 6.07) is 2.38. The molecule has 1 rings (SSSR count). The van der Waals surface area contributed by atoms with Gasteiger partial charge in [0.1, 0.15) is 17.5 Å². The molecule has 1 unspecified atom stereocenters. The van der Waals surface area contributed by atoms with E-state index >= 15 is 0 Å². The second kappa shape index (κ2) is 4.35. The fourth-order valence-electron chi connectivity index (χ4n) is 1.49. The van der Waals surface area contributed by atoms with Gasteiger partial charge in [-0.25, -0.2) is 4.68 Å². The first-order chi connectivity index (χ1) is 7.02. The van der Waals surface area contributed by atoms with Crippen LogP contribution in [-0.2, 0) is 0 Å². The van der Waals surface area contributed by atoms with Crippen LogP contribution in [0.2, 0.25) is 0 Å². The molecule has 0 aliphatic rings. The van der Waals surface area contributed by atoms with E-state index in [0.717, 1.165) is 12.1 Å². The van der Waals surface area contributed by atoms with Crippen molar-refractivity contribution in [3.05, 3.63) is 11.3 Å². The van der Waals surface area contributed by atoms with Gasteiger partial charge in [0, 0.05) is 0 Å². The highest BCUT2D eigenvalue weighted by atomic mass is 15.3. The number of hydrogen-bond acceptors (Lipinski definition) is 3. The molecule has 0 saturated heterocycles. The minimum Gasteiger partial charge on any atom is -0.383 e. The lowest BCUT2D eigenvalue weighted by molar-refractivity contribution is 0.478. The smallest absolute Gasteiger partial charge is 0.140 e. The maximum atomic E-state index is 9.03. The summed E-state index contributed by atoms with van der Waals surface area (Å²) in [7, 11) is 0. The standard InChI is InChI=1S/C11H18N4/c1-5-8(4)15-11(13)9(6-12)10(14-15)7(2)3/h7-8H,5,13H2,1-4H3. The molecule has 82 valence electrons. The quantitative estimate of drug-likeness (QED) is 0.825. The number of aromatic nitrogens is 2. The lowest BCUT2D eigenvalue weighted by Gasteiger charge is -2.10. The Bertz CT molecular complexity index is 384. The average Bonchev–Trinajstić information content (AvgIpc) is 2.54. The normalized spacial score (nSPS) is 12.8. The van der Waals surface area contributed by atoms with Crippen LogP contribution in [0.15, 0.2) is 0 Å². The van der Waals surface area contributed by atoms with Crippen LogP contribution < -0.4 is 5.73 Å². The third-order valence-corrected chi connectivity index (χ3v) is 2.64. The van der Waals surface area contributed by atoms with Crippen LogP contribution >= 0.6 is 0 Å². The first kappa shape index (κ1) is 11.6. The predicted octanol–water partition coefficient (Wildman–Crippen LogP) is 2.43. The molecule has 1 aromatic rings. The van der Waals surface area contributed by atoms with Gasteiger partial charge in [0.15, 0.2) is 0 Å². The van der Waals surface area contributed by atoms with Crippen LogP contribution in [0.3, 0.4) is 0 Å². The number of hydrogen-bond donors (Lipinski definition) is 1. The molecule has 0 aliphatic heterocycles. The third-order valence-electron chi connectivity index (χ3n) is 2.64. The SMILES string of the molecule is CCC(C)n1nc(C(C)C)c(C#N)c1N. The number of nitrogens with two attached hydrogens (primary N) is 1. The van der Waals surface area contributed by atoms with Crippen molar-refractivity contribution in [2.24, 2.45) is 0 Å². The van der Waals surface area contributed by atoms with Crippen molar-refractivity contribution in [3.63, 3.8) is 0 Å². The van der Waals surface area contributed by atoms with E-state index in [0.29, 0.717) is 11.4 Å². The van der Waals surface area contributed by atoms with Gasteiger partial charge in [-0.05, 0) is 19.3 Å². The van der Waals surface area contributed by atoms with Gasteiger partial charge < -0.3 is 5.73 Å². The lowest BCUT2D eigenvalue weighted by atomic mass is 10.1. The fourth-order valence-corrected chi connectivity index (χ4v) is 1.49. The second-order valence-electron chi connectivity index (χ2n) is 4.11. The molecule has 0 spiro atoms. The van der Waals surface area contributed by atoms with Crippen molar-refractivity contribution in [1.29, 1.82) is 5.26 Å². The number of anilines is 1. The number of rotatable bonds is 3. The van der Waals surface area contributed by atoms with E-state index < -0.39 is 0 Å². The van der Waals surface area contributed by atoms with Crippen LogP contribution in [-0.4, -0.2) is 9.78 Å². The summed E-state index contributed by atoms with van der Waals surface area (Å²) >= 11 is 0. The molecule has 1 aromatic heterocycles. The van der Waals surface area contributed by atoms with E-state index in [2.05, 4.69) is 25.0 Å². The molecule has 2 N–H and O–H groups in total. The highest BCUT2D eigenvalue weighted by Crippen LogP contribution is 2.26. The zero-order valence-electron chi connectivity index (χ0n) is 9.78. The summed E-state index contributed by atoms with van der Waals surface area (Å²) in [5.41, 5.74) is 7.24. The number of nitrogen functional groups attached to an aromatic ring is 1. The van der Waals surface area contributed by atoms with Gasteiger partial charge in [-0.2, -0.15) is 10.4 Å². The summed E-state index contributed by atoms with van der Waals surface area (Å²) in [5.74, 6) is 0.725. The Hall–Kier alpha value is -1.50. The molecule has 0 fully saturated rings. The summed E-state index contributed by atoms with van der Waals surface area (Å²) in [5, 5.41) is 13.5. The van der Waals surface area contributed by atoms with Crippen LogP contribution in [0, 0.1) is 11.3 Å². The van der Waals surface area contributed by atoms with Crippen LogP contribution in [0.5, 0.6) is 0 Å². The molecule has 0 saturated carbocycles. The summed E-state index contributed by atoms with van der Waals surface area (Å²) < 4.78 is 1.76. The Morgan fingerprint density at radius 1 is 1.47 bits per heavy atom. The molecule has 1 atom stereocenters. The van der Waals surface area contributed by atoms with E-state index in [1.165, 1.54) is 0 Å². The Labute approximate surface area is 90.7 Å². The van der Waals surface area contributed by atoms with Crippen LogP contribution in [0.1, 0.15) is 57.3 Å². The molecule has 0 aromatic carbocycles. The van der Waals surface area contributed by atoms with Crippen LogP contribution in [0.25, 0.3) is 0 Å². The monoisotopic (exact) mass is 206 g/mol. The van der Waals surface area contributed by atoms with Gasteiger partial charge in [0.05, 0.1) is 11.7 Å². The van der Waals surface area contributed by atoms with Gasteiger partial charge in [-0.1, -0.05) is 20.8 Å². The zero-order valence-corrected chi connectivity index (χ0v) is 9.78. The lowest BCUT2D eigenvalue weighted by Crippen LogP contribution is -2.09. The Kier molecular flexibility index (Phi) is 3.35. The first-order valence-electron chi connectivity index (χ1n) is 5.30. The first-order valence-corrected chi connectivity index (χ1v) is 5.30. The largest absolute Gasteiger partial charge is 0.383 e. The average molecular weight is 206 g/mol. The molecular formula is C11H18N4. The maximum Gasteiger partial charge on any atom is 0.140 e. The Balaban J connectivity index is 3.29. The van der Waals surface area contributed by atoms with E-state index in [1.54, 1.807) is 4.68 Å². The summed E-state index contributed by atoms with van der Waals surface area (Å²) in [4.78, 5) is 0. The molecule has 15 heavy (non-hydrogen) atoms. The van der Waals surface area contributed by atoms with Gasteiger partial charge >= 0.3 is 0 Å². The molecule has 4 heteroatoms. The third kappa shape index (κ3) is 1.96. The molecule has 4 nitrogen and oxygen atoms in total. The van der Waals surface area contributed by atoms with Crippen molar-refractivity contribution in [2.45, 2.75) is 46.1 Å². The topological polar surface area (TPSA) is 67.6 Å². The van der Waals surface area contributed by atoms with Crippen molar-refractivity contribution in [2.75, 3.05) is 5.73 Å². The van der Waals surface area contributed by atoms with E-state index in [9.17, 15) is 0 Å².